The summed E-state index contributed by atoms with van der Waals surface area (Å²) in [7, 11) is 3.00. The highest BCUT2D eigenvalue weighted by molar-refractivity contribution is 6.00. The second kappa shape index (κ2) is 8.72. The number of carbonyl (C=O) groups is 2. The van der Waals surface area contributed by atoms with Crippen molar-refractivity contribution in [2.45, 2.75) is 12.8 Å². The van der Waals surface area contributed by atoms with E-state index >= 15 is 0 Å². The number of benzene rings is 2. The van der Waals surface area contributed by atoms with Gasteiger partial charge in [0.05, 0.1) is 19.8 Å². The Morgan fingerprint density at radius 2 is 1.71 bits per heavy atom. The minimum Gasteiger partial charge on any atom is -0.497 e. The summed E-state index contributed by atoms with van der Waals surface area (Å²) in [5.41, 5.74) is 1.41. The zero-order chi connectivity index (χ0) is 17.4. The summed E-state index contributed by atoms with van der Waals surface area (Å²) in [4.78, 5) is 24.0. The van der Waals surface area contributed by atoms with Crippen molar-refractivity contribution in [2.24, 2.45) is 0 Å². The monoisotopic (exact) mass is 328 g/mol. The highest BCUT2D eigenvalue weighted by atomic mass is 16.5. The molecule has 5 heteroatoms. The van der Waals surface area contributed by atoms with E-state index in [1.54, 1.807) is 18.2 Å². The van der Waals surface area contributed by atoms with Gasteiger partial charge in [0.25, 0.3) is 0 Å². The van der Waals surface area contributed by atoms with Gasteiger partial charge in [0.15, 0.2) is 6.61 Å². The molecule has 0 aromatic heterocycles. The molecule has 0 spiro atoms. The van der Waals surface area contributed by atoms with E-state index in [2.05, 4.69) is 0 Å². The van der Waals surface area contributed by atoms with Crippen molar-refractivity contribution in [3.63, 3.8) is 0 Å². The van der Waals surface area contributed by atoms with E-state index < -0.39 is 5.97 Å². The third-order valence-electron chi connectivity index (χ3n) is 3.53. The van der Waals surface area contributed by atoms with Gasteiger partial charge in [0.2, 0.25) is 5.78 Å². The van der Waals surface area contributed by atoms with Gasteiger partial charge in [-0.2, -0.15) is 0 Å². The Labute approximate surface area is 141 Å². The molecule has 0 radical (unpaired) electrons. The molecule has 0 unspecified atom stereocenters. The highest BCUT2D eigenvalue weighted by Gasteiger charge is 2.15. The average molecular weight is 328 g/mol. The topological polar surface area (TPSA) is 61.8 Å². The van der Waals surface area contributed by atoms with E-state index in [0.29, 0.717) is 23.5 Å². The molecule has 0 saturated carbocycles. The van der Waals surface area contributed by atoms with E-state index in [1.807, 2.05) is 30.3 Å². The SMILES string of the molecule is COc1ccc(C(=O)COC(=O)CCc2ccccc2)c(OC)c1. The van der Waals surface area contributed by atoms with Gasteiger partial charge in [-0.25, -0.2) is 0 Å². The summed E-state index contributed by atoms with van der Waals surface area (Å²) in [6, 6.07) is 14.5. The largest absolute Gasteiger partial charge is 0.497 e. The molecule has 0 atom stereocenters. The van der Waals surface area contributed by atoms with Crippen LogP contribution in [0.25, 0.3) is 0 Å². The van der Waals surface area contributed by atoms with Crippen molar-refractivity contribution in [3.05, 3.63) is 59.7 Å². The molecule has 0 aliphatic rings. The summed E-state index contributed by atoms with van der Waals surface area (Å²) in [6.07, 6.45) is 0.816. The van der Waals surface area contributed by atoms with Crippen LogP contribution in [-0.4, -0.2) is 32.6 Å². The van der Waals surface area contributed by atoms with Gasteiger partial charge in [0, 0.05) is 12.5 Å². The Morgan fingerprint density at radius 3 is 2.38 bits per heavy atom. The molecule has 0 fully saturated rings. The molecule has 2 rings (SSSR count). The summed E-state index contributed by atoms with van der Waals surface area (Å²) in [6.45, 7) is -0.309. The van der Waals surface area contributed by atoms with Crippen molar-refractivity contribution in [1.29, 1.82) is 0 Å². The normalized spacial score (nSPS) is 10.1. The van der Waals surface area contributed by atoms with Crippen molar-refractivity contribution in [3.8, 4) is 11.5 Å². The van der Waals surface area contributed by atoms with Gasteiger partial charge in [0.1, 0.15) is 11.5 Å². The molecule has 0 aliphatic carbocycles. The van der Waals surface area contributed by atoms with Gasteiger partial charge < -0.3 is 14.2 Å². The fourth-order valence-corrected chi connectivity index (χ4v) is 2.22. The molecule has 5 nitrogen and oxygen atoms in total. The molecule has 2 aromatic rings. The van der Waals surface area contributed by atoms with Crippen LogP contribution in [0, 0.1) is 0 Å². The first kappa shape index (κ1) is 17.5. The van der Waals surface area contributed by atoms with Gasteiger partial charge in [-0.05, 0) is 24.1 Å². The molecule has 0 heterocycles. The Kier molecular flexibility index (Phi) is 6.37. The van der Waals surface area contributed by atoms with Crippen molar-refractivity contribution in [2.75, 3.05) is 20.8 Å². The van der Waals surface area contributed by atoms with Crippen LogP contribution in [0.3, 0.4) is 0 Å². The van der Waals surface area contributed by atoms with Crippen molar-refractivity contribution in [1.82, 2.24) is 0 Å². The quantitative estimate of drug-likeness (QED) is 0.550. The van der Waals surface area contributed by atoms with Crippen LogP contribution >= 0.6 is 0 Å². The van der Waals surface area contributed by atoms with E-state index in [4.69, 9.17) is 14.2 Å². The highest BCUT2D eigenvalue weighted by Crippen LogP contribution is 2.25. The average Bonchev–Trinajstić information content (AvgIpc) is 2.64. The standard InChI is InChI=1S/C19H20O5/c1-22-15-9-10-16(18(12-15)23-2)17(20)13-24-19(21)11-8-14-6-4-3-5-7-14/h3-7,9-10,12H,8,11,13H2,1-2H3. The van der Waals surface area contributed by atoms with Crippen LogP contribution in [0.15, 0.2) is 48.5 Å². The van der Waals surface area contributed by atoms with Crippen LogP contribution < -0.4 is 9.47 Å². The maximum Gasteiger partial charge on any atom is 0.306 e. The Hall–Kier alpha value is -2.82. The molecule has 24 heavy (non-hydrogen) atoms. The van der Waals surface area contributed by atoms with Crippen LogP contribution in [-0.2, 0) is 16.0 Å². The molecule has 0 saturated heterocycles. The summed E-state index contributed by atoms with van der Waals surface area (Å²) in [5, 5.41) is 0. The molecule has 0 amide bonds. The second-order valence-electron chi connectivity index (χ2n) is 5.14. The molecule has 0 aliphatic heterocycles. The fourth-order valence-electron chi connectivity index (χ4n) is 2.22. The lowest BCUT2D eigenvalue weighted by atomic mass is 10.1. The fraction of sp³-hybridized carbons (Fsp3) is 0.263. The lowest BCUT2D eigenvalue weighted by molar-refractivity contribution is -0.142. The van der Waals surface area contributed by atoms with E-state index in [9.17, 15) is 9.59 Å². The number of methoxy groups -OCH3 is 2. The number of hydrogen-bond acceptors (Lipinski definition) is 5. The number of carbonyl (C=O) groups excluding carboxylic acids is 2. The number of Topliss-reactive ketones (excluding diaryl/α,β-unsaturated/α-hetero) is 1. The van der Waals surface area contributed by atoms with Crippen molar-refractivity contribution < 1.29 is 23.8 Å². The van der Waals surface area contributed by atoms with E-state index in [1.165, 1.54) is 14.2 Å². The van der Waals surface area contributed by atoms with Crippen LogP contribution in [0.4, 0.5) is 0 Å². The van der Waals surface area contributed by atoms with Gasteiger partial charge >= 0.3 is 5.97 Å². The molecule has 2 aromatic carbocycles. The van der Waals surface area contributed by atoms with E-state index in [0.717, 1.165) is 5.56 Å². The summed E-state index contributed by atoms with van der Waals surface area (Å²) in [5.74, 6) is 0.255. The lowest BCUT2D eigenvalue weighted by Gasteiger charge is -2.10. The predicted molar refractivity (Wildman–Crippen MR) is 89.6 cm³/mol. The molecule has 126 valence electrons. The molecule has 0 N–H and O–H groups in total. The zero-order valence-electron chi connectivity index (χ0n) is 13.8. The second-order valence-corrected chi connectivity index (χ2v) is 5.14. The van der Waals surface area contributed by atoms with Crippen molar-refractivity contribution >= 4 is 11.8 Å². The van der Waals surface area contributed by atoms with Gasteiger partial charge in [-0.15, -0.1) is 0 Å². The van der Waals surface area contributed by atoms with Gasteiger partial charge in [-0.1, -0.05) is 30.3 Å². The molecule has 0 bridgehead atoms. The Bertz CT molecular complexity index is 694. The number of ketones is 1. The van der Waals surface area contributed by atoms with Crippen LogP contribution in [0.5, 0.6) is 11.5 Å². The Balaban J connectivity index is 1.87. The number of esters is 1. The third kappa shape index (κ3) is 4.84. The first-order valence-corrected chi connectivity index (χ1v) is 7.59. The van der Waals surface area contributed by atoms with E-state index in [-0.39, 0.29) is 18.8 Å². The predicted octanol–water partition coefficient (Wildman–Crippen LogP) is 3.06. The number of rotatable bonds is 8. The maximum absolute atomic E-state index is 12.2. The Morgan fingerprint density at radius 1 is 0.958 bits per heavy atom. The maximum atomic E-state index is 12.2. The minimum atomic E-state index is -0.403. The minimum absolute atomic E-state index is 0.233. The summed E-state index contributed by atoms with van der Waals surface area (Å²) >= 11 is 0. The smallest absolute Gasteiger partial charge is 0.306 e. The zero-order valence-corrected chi connectivity index (χ0v) is 13.8. The summed E-state index contributed by atoms with van der Waals surface area (Å²) < 4.78 is 15.3. The van der Waals surface area contributed by atoms with Crippen LogP contribution in [0.2, 0.25) is 0 Å². The number of ether oxygens (including phenoxy) is 3. The first-order valence-electron chi connectivity index (χ1n) is 7.59. The molecular formula is C19H20O5. The molecular weight excluding hydrogens is 308 g/mol. The number of hydrogen-bond donors (Lipinski definition) is 0. The third-order valence-corrected chi connectivity index (χ3v) is 3.53. The van der Waals surface area contributed by atoms with Gasteiger partial charge in [-0.3, -0.25) is 9.59 Å². The van der Waals surface area contributed by atoms with Crippen LogP contribution in [0.1, 0.15) is 22.3 Å². The lowest BCUT2D eigenvalue weighted by Crippen LogP contribution is -2.15. The number of aryl methyl sites for hydroxylation is 1. The first-order chi connectivity index (χ1) is 11.6.